The van der Waals surface area contributed by atoms with E-state index in [0.29, 0.717) is 0 Å². The lowest BCUT2D eigenvalue weighted by Gasteiger charge is -1.95. The van der Waals surface area contributed by atoms with Gasteiger partial charge in [0.05, 0.1) is 13.2 Å². The molecule has 0 atom stereocenters. The molecule has 0 amide bonds. The van der Waals surface area contributed by atoms with Crippen molar-refractivity contribution in [2.75, 3.05) is 13.2 Å². The summed E-state index contributed by atoms with van der Waals surface area (Å²) in [6.45, 7) is -0.896. The van der Waals surface area contributed by atoms with E-state index >= 15 is 0 Å². The zero-order valence-corrected chi connectivity index (χ0v) is 3.26. The summed E-state index contributed by atoms with van der Waals surface area (Å²) >= 11 is 0. The van der Waals surface area contributed by atoms with Crippen molar-refractivity contribution in [1.82, 2.24) is 0 Å². The first-order valence-corrected chi connectivity index (χ1v) is 1.56. The van der Waals surface area contributed by atoms with Gasteiger partial charge in [-0.15, -0.1) is 0 Å². The third-order valence-electron chi connectivity index (χ3n) is 0.365. The van der Waals surface area contributed by atoms with Gasteiger partial charge in [0.1, 0.15) is 6.10 Å². The molecule has 0 rings (SSSR count). The average Bonchev–Trinajstić information content (AvgIpc) is 1.65. The van der Waals surface area contributed by atoms with E-state index < -0.39 is 13.2 Å². The topological polar surface area (TPSA) is 60.7 Å². The van der Waals surface area contributed by atoms with Gasteiger partial charge in [-0.3, -0.25) is 0 Å². The van der Waals surface area contributed by atoms with E-state index in [9.17, 15) is 0 Å². The third kappa shape index (κ3) is 2.14. The number of aliphatic hydroxyl groups excluding tert-OH is 3. The fourth-order valence-electron chi connectivity index (χ4n) is 0.0500. The second kappa shape index (κ2) is 3.08. The van der Waals surface area contributed by atoms with Gasteiger partial charge < -0.3 is 15.3 Å². The van der Waals surface area contributed by atoms with Gasteiger partial charge in [-0.2, -0.15) is 0 Å². The highest BCUT2D eigenvalue weighted by atomic mass is 16.3. The lowest BCUT2D eigenvalue weighted by Crippen LogP contribution is -2.05. The van der Waals surface area contributed by atoms with Crippen LogP contribution in [0.5, 0.6) is 0 Å². The second-order valence-corrected chi connectivity index (χ2v) is 0.882. The first-order valence-electron chi connectivity index (χ1n) is 1.56. The van der Waals surface area contributed by atoms with Gasteiger partial charge >= 0.3 is 0 Å². The molecule has 1 radical (unpaired) electrons. The molecular weight excluding hydrogens is 84.0 g/mol. The van der Waals surface area contributed by atoms with Gasteiger partial charge in [0.25, 0.3) is 0 Å². The van der Waals surface area contributed by atoms with Crippen molar-refractivity contribution in [2.45, 2.75) is 0 Å². The molecule has 37 valence electrons. The highest BCUT2D eigenvalue weighted by Gasteiger charge is 1.95. The lowest BCUT2D eigenvalue weighted by molar-refractivity contribution is 0.128. The largest absolute Gasteiger partial charge is 0.393 e. The van der Waals surface area contributed by atoms with Crippen LogP contribution in [0, 0.1) is 6.10 Å². The Morgan fingerprint density at radius 1 is 1.17 bits per heavy atom. The predicted octanol–water partition coefficient (Wildman–Crippen LogP) is -1.12. The summed E-state index contributed by atoms with van der Waals surface area (Å²) in [6, 6.07) is 0. The minimum absolute atomic E-state index is 0.296. The molecular formula is C3H7O3. The molecule has 0 aromatic rings. The monoisotopic (exact) mass is 91.0 g/mol. The Morgan fingerprint density at radius 2 is 1.50 bits per heavy atom. The van der Waals surface area contributed by atoms with E-state index in [0.717, 1.165) is 0 Å². The maximum Gasteiger partial charge on any atom is 0.144 e. The Kier molecular flexibility index (Phi) is 3.02. The Balaban J connectivity index is 2.75. The first kappa shape index (κ1) is 5.88. The Morgan fingerprint density at radius 3 is 1.50 bits per heavy atom. The van der Waals surface area contributed by atoms with E-state index in [1.807, 2.05) is 0 Å². The molecule has 3 heteroatoms. The summed E-state index contributed by atoms with van der Waals surface area (Å²) in [5.41, 5.74) is 0. The van der Waals surface area contributed by atoms with Gasteiger partial charge in [-0.1, -0.05) is 0 Å². The highest BCUT2D eigenvalue weighted by Crippen LogP contribution is 1.83. The summed E-state index contributed by atoms with van der Waals surface area (Å²) in [5.74, 6) is 0. The van der Waals surface area contributed by atoms with Crippen molar-refractivity contribution in [1.29, 1.82) is 0 Å². The molecule has 3 N–H and O–H groups in total. The van der Waals surface area contributed by atoms with E-state index in [4.69, 9.17) is 15.3 Å². The zero-order valence-electron chi connectivity index (χ0n) is 3.26. The van der Waals surface area contributed by atoms with Gasteiger partial charge in [0.15, 0.2) is 0 Å². The molecule has 0 heterocycles. The third-order valence-corrected chi connectivity index (χ3v) is 0.365. The van der Waals surface area contributed by atoms with E-state index in [2.05, 4.69) is 0 Å². The van der Waals surface area contributed by atoms with Crippen LogP contribution < -0.4 is 0 Å². The van der Waals surface area contributed by atoms with Crippen LogP contribution in [0.1, 0.15) is 0 Å². The van der Waals surface area contributed by atoms with Crippen molar-refractivity contribution in [3.63, 3.8) is 0 Å². The van der Waals surface area contributed by atoms with Crippen LogP contribution in [-0.4, -0.2) is 28.5 Å². The summed E-state index contributed by atoms with van der Waals surface area (Å²) < 4.78 is 0. The molecule has 0 aliphatic heterocycles. The van der Waals surface area contributed by atoms with E-state index in [1.165, 1.54) is 0 Å². The smallest absolute Gasteiger partial charge is 0.144 e. The van der Waals surface area contributed by atoms with Crippen LogP contribution in [-0.2, 0) is 0 Å². The summed E-state index contributed by atoms with van der Waals surface area (Å²) in [7, 11) is 0. The van der Waals surface area contributed by atoms with Crippen molar-refractivity contribution >= 4 is 0 Å². The molecule has 0 unspecified atom stereocenters. The fourth-order valence-corrected chi connectivity index (χ4v) is 0.0500. The molecule has 0 aromatic carbocycles. The maximum absolute atomic E-state index is 8.08. The molecule has 0 fully saturated rings. The van der Waals surface area contributed by atoms with Crippen molar-refractivity contribution in [3.05, 3.63) is 6.10 Å². The minimum atomic E-state index is -0.448. The molecule has 0 aliphatic carbocycles. The standard InChI is InChI=1S/C3H7O3/c4-1-3(6)2-5/h4-6H,1-2H2. The van der Waals surface area contributed by atoms with Crippen molar-refractivity contribution < 1.29 is 15.3 Å². The van der Waals surface area contributed by atoms with Crippen molar-refractivity contribution in [2.24, 2.45) is 0 Å². The van der Waals surface area contributed by atoms with Crippen LogP contribution in [0.25, 0.3) is 0 Å². The van der Waals surface area contributed by atoms with Gasteiger partial charge in [0.2, 0.25) is 0 Å². The zero-order chi connectivity index (χ0) is 4.99. The SMILES string of the molecule is OC[C](O)CO. The lowest BCUT2D eigenvalue weighted by atomic mass is 10.4. The highest BCUT2D eigenvalue weighted by molar-refractivity contribution is 4.69. The normalized spacial score (nSPS) is 10.0. The molecule has 0 aromatic heterocycles. The van der Waals surface area contributed by atoms with Crippen LogP contribution in [0.4, 0.5) is 0 Å². The second-order valence-electron chi connectivity index (χ2n) is 0.882. The summed E-state index contributed by atoms with van der Waals surface area (Å²) in [4.78, 5) is 0. The fraction of sp³-hybridized carbons (Fsp3) is 0.667. The molecule has 0 bridgehead atoms. The summed E-state index contributed by atoms with van der Waals surface area (Å²) in [5, 5.41) is 23.9. The summed E-state index contributed by atoms with van der Waals surface area (Å²) in [6.07, 6.45) is -0.296. The van der Waals surface area contributed by atoms with E-state index in [1.54, 1.807) is 0 Å². The number of aliphatic hydroxyl groups is 3. The maximum atomic E-state index is 8.08. The molecule has 6 heavy (non-hydrogen) atoms. The van der Waals surface area contributed by atoms with Crippen LogP contribution >= 0.6 is 0 Å². The Hall–Kier alpha value is -0.120. The van der Waals surface area contributed by atoms with E-state index in [-0.39, 0.29) is 6.10 Å². The molecule has 0 saturated heterocycles. The number of hydrogen-bond acceptors (Lipinski definition) is 3. The molecule has 0 saturated carbocycles. The van der Waals surface area contributed by atoms with Gasteiger partial charge in [-0.05, 0) is 0 Å². The molecule has 0 spiro atoms. The first-order chi connectivity index (χ1) is 2.81. The van der Waals surface area contributed by atoms with Gasteiger partial charge in [0, 0.05) is 0 Å². The number of rotatable bonds is 2. The van der Waals surface area contributed by atoms with Crippen LogP contribution in [0.2, 0.25) is 0 Å². The van der Waals surface area contributed by atoms with Crippen LogP contribution in [0.3, 0.4) is 0 Å². The molecule has 0 aliphatic rings. The quantitative estimate of drug-likeness (QED) is 0.403. The Bertz CT molecular complexity index is 25.2. The predicted molar refractivity (Wildman–Crippen MR) is 19.4 cm³/mol. The van der Waals surface area contributed by atoms with Crippen molar-refractivity contribution in [3.8, 4) is 0 Å². The number of hydrogen-bond donors (Lipinski definition) is 3. The molecule has 3 nitrogen and oxygen atoms in total. The van der Waals surface area contributed by atoms with Gasteiger partial charge in [-0.25, -0.2) is 0 Å². The van der Waals surface area contributed by atoms with Crippen LogP contribution in [0.15, 0.2) is 0 Å². The minimum Gasteiger partial charge on any atom is -0.393 e. The Labute approximate surface area is 35.9 Å². The average molecular weight is 91.1 g/mol.